The number of benzene rings is 2. The first-order chi connectivity index (χ1) is 12.7. The first kappa shape index (κ1) is 20.1. The lowest BCUT2D eigenvalue weighted by Gasteiger charge is -2.37. The van der Waals surface area contributed by atoms with E-state index in [1.54, 1.807) is 18.2 Å². The Morgan fingerprint density at radius 3 is 2.48 bits per heavy atom. The predicted octanol–water partition coefficient (Wildman–Crippen LogP) is 6.29. The number of hydrogen-bond donors (Lipinski definition) is 1. The molecular weight excluding hydrogens is 382 g/mol. The molecule has 0 aromatic heterocycles. The van der Waals surface area contributed by atoms with Crippen LogP contribution in [0, 0.1) is 28.5 Å². The summed E-state index contributed by atoms with van der Waals surface area (Å²) < 4.78 is 15.0. The fourth-order valence-electron chi connectivity index (χ4n) is 4.27. The highest BCUT2D eigenvalue weighted by Crippen LogP contribution is 2.51. The Morgan fingerprint density at radius 2 is 1.89 bits per heavy atom. The Labute approximate surface area is 170 Å². The van der Waals surface area contributed by atoms with Crippen molar-refractivity contribution in [1.82, 2.24) is 5.32 Å². The summed E-state index contributed by atoms with van der Waals surface area (Å²) >= 11 is 12.2. The van der Waals surface area contributed by atoms with Gasteiger partial charge in [0.1, 0.15) is 11.2 Å². The molecule has 0 bridgehead atoms. The van der Waals surface area contributed by atoms with Gasteiger partial charge in [-0.1, -0.05) is 62.2 Å². The summed E-state index contributed by atoms with van der Waals surface area (Å²) in [5.41, 5.74) is 0.223. The van der Waals surface area contributed by atoms with Crippen LogP contribution >= 0.6 is 23.2 Å². The lowest BCUT2D eigenvalue weighted by molar-refractivity contribution is 0.247. The molecule has 1 saturated heterocycles. The van der Waals surface area contributed by atoms with Crippen molar-refractivity contribution in [3.05, 3.63) is 69.5 Å². The first-order valence-electron chi connectivity index (χ1n) is 9.03. The Balaban J connectivity index is 2.20. The van der Waals surface area contributed by atoms with Gasteiger partial charge in [0, 0.05) is 22.2 Å². The van der Waals surface area contributed by atoms with E-state index in [0.29, 0.717) is 22.2 Å². The molecule has 0 radical (unpaired) electrons. The number of hydrogen-bond acceptors (Lipinski definition) is 2. The molecule has 3 atom stereocenters. The minimum atomic E-state index is -1.05. The Bertz CT molecular complexity index is 885. The molecule has 2 nitrogen and oxygen atoms in total. The van der Waals surface area contributed by atoms with E-state index in [2.05, 4.69) is 32.2 Å². The van der Waals surface area contributed by atoms with E-state index in [0.717, 1.165) is 12.0 Å². The van der Waals surface area contributed by atoms with Gasteiger partial charge in [-0.15, -0.1) is 0 Å². The summed E-state index contributed by atoms with van der Waals surface area (Å²) in [6.07, 6.45) is 0.784. The van der Waals surface area contributed by atoms with Crippen molar-refractivity contribution in [2.24, 2.45) is 11.3 Å². The van der Waals surface area contributed by atoms with Gasteiger partial charge >= 0.3 is 0 Å². The van der Waals surface area contributed by atoms with E-state index < -0.39 is 11.2 Å². The molecule has 0 amide bonds. The summed E-state index contributed by atoms with van der Waals surface area (Å²) in [5, 5.41) is 14.8. The second kappa shape index (κ2) is 7.43. The molecule has 5 heteroatoms. The average Bonchev–Trinajstić information content (AvgIpc) is 2.92. The van der Waals surface area contributed by atoms with E-state index >= 15 is 4.39 Å². The highest BCUT2D eigenvalue weighted by molar-refractivity contribution is 6.30. The fourth-order valence-corrected chi connectivity index (χ4v) is 4.63. The van der Waals surface area contributed by atoms with Crippen molar-refractivity contribution in [2.75, 3.05) is 6.54 Å². The predicted molar refractivity (Wildman–Crippen MR) is 108 cm³/mol. The van der Waals surface area contributed by atoms with E-state index in [1.807, 2.05) is 18.2 Å². The third kappa shape index (κ3) is 3.85. The molecule has 1 aliphatic heterocycles. The molecule has 142 valence electrons. The number of nitrogens with zero attached hydrogens (tertiary/aromatic N) is 1. The zero-order valence-electron chi connectivity index (χ0n) is 15.7. The molecule has 0 saturated carbocycles. The Kier molecular flexibility index (Phi) is 5.54. The van der Waals surface area contributed by atoms with E-state index in [9.17, 15) is 5.26 Å². The number of halogens is 3. The van der Waals surface area contributed by atoms with Crippen molar-refractivity contribution in [2.45, 2.75) is 38.6 Å². The van der Waals surface area contributed by atoms with Gasteiger partial charge in [0.05, 0.1) is 12.1 Å². The zero-order chi connectivity index (χ0) is 19.8. The van der Waals surface area contributed by atoms with E-state index in [-0.39, 0.29) is 17.4 Å². The topological polar surface area (TPSA) is 35.8 Å². The van der Waals surface area contributed by atoms with Crippen LogP contribution < -0.4 is 5.32 Å². The van der Waals surface area contributed by atoms with Crippen molar-refractivity contribution in [1.29, 1.82) is 5.26 Å². The molecule has 1 heterocycles. The first-order valence-corrected chi connectivity index (χ1v) is 9.78. The van der Waals surface area contributed by atoms with Crippen LogP contribution in [-0.2, 0) is 5.41 Å². The van der Waals surface area contributed by atoms with Gasteiger partial charge in [0.25, 0.3) is 0 Å². The number of rotatable bonds is 3. The average molecular weight is 405 g/mol. The van der Waals surface area contributed by atoms with Crippen LogP contribution in [0.15, 0.2) is 42.5 Å². The maximum absolute atomic E-state index is 15.0. The molecule has 2 aromatic rings. The largest absolute Gasteiger partial charge is 0.308 e. The van der Waals surface area contributed by atoms with Gasteiger partial charge in [-0.25, -0.2) is 4.39 Å². The lowest BCUT2D eigenvalue weighted by Crippen LogP contribution is -2.39. The third-order valence-electron chi connectivity index (χ3n) is 5.27. The summed E-state index contributed by atoms with van der Waals surface area (Å²) in [7, 11) is 0. The molecule has 27 heavy (non-hydrogen) atoms. The van der Waals surface area contributed by atoms with Crippen molar-refractivity contribution >= 4 is 23.2 Å². The number of nitriles is 1. The highest BCUT2D eigenvalue weighted by atomic mass is 35.5. The van der Waals surface area contributed by atoms with E-state index in [4.69, 9.17) is 23.2 Å². The maximum Gasteiger partial charge on any atom is 0.129 e. The van der Waals surface area contributed by atoms with Crippen LogP contribution in [0.3, 0.4) is 0 Å². The van der Waals surface area contributed by atoms with Crippen LogP contribution in [0.4, 0.5) is 4.39 Å². The molecule has 0 unspecified atom stereocenters. The van der Waals surface area contributed by atoms with Crippen molar-refractivity contribution in [3.63, 3.8) is 0 Å². The standard InChI is InChI=1S/C22H23Cl2FN2/c1-21(2,3)11-15-12-27-20(14-5-4-6-16(23)9-14)22(15,13-26)18-8-7-17(24)10-19(18)25/h4-10,15,20,27H,11-12H2,1-3H3/t15-,20-,22-/m1/s1. The monoisotopic (exact) mass is 404 g/mol. The minimum absolute atomic E-state index is 0.000567. The molecule has 1 fully saturated rings. The summed E-state index contributed by atoms with van der Waals surface area (Å²) in [5.74, 6) is -0.499. The molecule has 1 aliphatic rings. The normalized spacial score (nSPS) is 25.4. The quantitative estimate of drug-likeness (QED) is 0.651. The van der Waals surface area contributed by atoms with Gasteiger partial charge in [0.15, 0.2) is 0 Å². The van der Waals surface area contributed by atoms with Gasteiger partial charge in [0.2, 0.25) is 0 Å². The number of nitrogens with one attached hydrogen (secondary N) is 1. The molecular formula is C22H23Cl2FN2. The summed E-state index contributed by atoms with van der Waals surface area (Å²) in [4.78, 5) is 0. The SMILES string of the molecule is CC(C)(C)C[C@@H]1CN[C@H](c2cccc(Cl)c2)[C@@]1(C#N)c1ccc(Cl)cc1F. The van der Waals surface area contributed by atoms with Gasteiger partial charge in [-0.3, -0.25) is 0 Å². The van der Waals surface area contributed by atoms with Crippen molar-refractivity contribution in [3.8, 4) is 6.07 Å². The summed E-state index contributed by atoms with van der Waals surface area (Å²) in [6, 6.07) is 14.2. The molecule has 0 spiro atoms. The maximum atomic E-state index is 15.0. The fraction of sp³-hybridized carbons (Fsp3) is 0.409. The Hall–Kier alpha value is -1.60. The molecule has 2 aromatic carbocycles. The van der Waals surface area contributed by atoms with Crippen molar-refractivity contribution < 1.29 is 4.39 Å². The van der Waals surface area contributed by atoms with Gasteiger partial charge in [-0.05, 0) is 47.6 Å². The van der Waals surface area contributed by atoms with E-state index in [1.165, 1.54) is 6.07 Å². The smallest absolute Gasteiger partial charge is 0.129 e. The van der Waals surface area contributed by atoms with Crippen LogP contribution in [0.5, 0.6) is 0 Å². The Morgan fingerprint density at radius 1 is 1.19 bits per heavy atom. The summed E-state index contributed by atoms with van der Waals surface area (Å²) in [6.45, 7) is 7.05. The minimum Gasteiger partial charge on any atom is -0.308 e. The molecule has 3 rings (SSSR count). The molecule has 1 N–H and O–H groups in total. The van der Waals surface area contributed by atoms with Crippen LogP contribution in [0.1, 0.15) is 44.4 Å². The molecule has 0 aliphatic carbocycles. The lowest BCUT2D eigenvalue weighted by atomic mass is 9.63. The van der Waals surface area contributed by atoms with Crippen LogP contribution in [0.25, 0.3) is 0 Å². The highest BCUT2D eigenvalue weighted by Gasteiger charge is 2.54. The zero-order valence-corrected chi connectivity index (χ0v) is 17.2. The second-order valence-electron chi connectivity index (χ2n) is 8.46. The van der Waals surface area contributed by atoms with Gasteiger partial charge < -0.3 is 5.32 Å². The van der Waals surface area contributed by atoms with Crippen LogP contribution in [-0.4, -0.2) is 6.54 Å². The van der Waals surface area contributed by atoms with Gasteiger partial charge in [-0.2, -0.15) is 5.26 Å². The second-order valence-corrected chi connectivity index (χ2v) is 9.34. The third-order valence-corrected chi connectivity index (χ3v) is 5.74. The van der Waals surface area contributed by atoms with Crippen LogP contribution in [0.2, 0.25) is 10.0 Å².